The van der Waals surface area contributed by atoms with E-state index in [9.17, 15) is 19.2 Å². The van der Waals surface area contributed by atoms with E-state index in [-0.39, 0.29) is 23.9 Å². The first-order valence-electron chi connectivity index (χ1n) is 8.38. The van der Waals surface area contributed by atoms with Gasteiger partial charge < -0.3 is 10.4 Å². The predicted octanol–water partition coefficient (Wildman–Crippen LogP) is 2.67. The Bertz CT molecular complexity index is 669. The third-order valence-corrected chi connectivity index (χ3v) is 4.95. The van der Waals surface area contributed by atoms with Crippen molar-refractivity contribution in [3.05, 3.63) is 35.4 Å². The molecule has 0 fully saturated rings. The predicted molar refractivity (Wildman–Crippen MR) is 107 cm³/mol. The standard InChI is InChI=1S/C19H24INO5/c1-11(2)16(18(24)21-12(3)19(25)26)9-17(23)14-6-4-13(5-7-14)8-15(22)10-20/h4-7,11-12,16H,8-10H2,1-3H3,(H,21,24)(H,25,26)/t12-,16-/m0/s1. The summed E-state index contributed by atoms with van der Waals surface area (Å²) in [5.41, 5.74) is 1.32. The normalized spacial score (nSPS) is 13.1. The summed E-state index contributed by atoms with van der Waals surface area (Å²) in [7, 11) is 0. The molecule has 0 aromatic heterocycles. The van der Waals surface area contributed by atoms with Crippen LogP contribution in [0.1, 0.15) is 43.1 Å². The zero-order valence-corrected chi connectivity index (χ0v) is 17.3. The second kappa shape index (κ2) is 10.4. The summed E-state index contributed by atoms with van der Waals surface area (Å²) in [6.07, 6.45) is 0.337. The van der Waals surface area contributed by atoms with Gasteiger partial charge in [0.1, 0.15) is 11.8 Å². The van der Waals surface area contributed by atoms with E-state index >= 15 is 0 Å². The number of carboxylic acid groups (broad SMARTS) is 1. The molecule has 1 aromatic rings. The van der Waals surface area contributed by atoms with Crippen molar-refractivity contribution in [1.82, 2.24) is 5.32 Å². The minimum Gasteiger partial charge on any atom is -0.480 e. The van der Waals surface area contributed by atoms with E-state index in [4.69, 9.17) is 5.11 Å². The van der Waals surface area contributed by atoms with Crippen LogP contribution in [0.3, 0.4) is 0 Å². The van der Waals surface area contributed by atoms with E-state index in [1.54, 1.807) is 24.3 Å². The molecule has 0 bridgehead atoms. The number of amides is 1. The fraction of sp³-hybridized carbons (Fsp3) is 0.474. The molecular weight excluding hydrogens is 449 g/mol. The highest BCUT2D eigenvalue weighted by molar-refractivity contribution is 14.1. The van der Waals surface area contributed by atoms with Crippen molar-refractivity contribution in [3.8, 4) is 0 Å². The van der Waals surface area contributed by atoms with Crippen LogP contribution in [0, 0.1) is 11.8 Å². The molecule has 1 amide bonds. The zero-order chi connectivity index (χ0) is 19.9. The molecule has 2 N–H and O–H groups in total. The fourth-order valence-corrected chi connectivity index (χ4v) is 2.68. The molecule has 0 aliphatic carbocycles. The molecule has 26 heavy (non-hydrogen) atoms. The number of carbonyl (C=O) groups is 4. The van der Waals surface area contributed by atoms with Gasteiger partial charge in [-0.1, -0.05) is 60.7 Å². The first-order chi connectivity index (χ1) is 12.1. The summed E-state index contributed by atoms with van der Waals surface area (Å²) in [5, 5.41) is 11.3. The molecule has 7 heteroatoms. The first kappa shape index (κ1) is 22.3. The number of aliphatic carboxylic acids is 1. The van der Waals surface area contributed by atoms with Crippen molar-refractivity contribution in [2.24, 2.45) is 11.8 Å². The lowest BCUT2D eigenvalue weighted by molar-refractivity contribution is -0.142. The quantitative estimate of drug-likeness (QED) is 0.309. The number of hydrogen-bond acceptors (Lipinski definition) is 4. The molecule has 0 aliphatic rings. The smallest absolute Gasteiger partial charge is 0.325 e. The van der Waals surface area contributed by atoms with Crippen LogP contribution in [0.5, 0.6) is 0 Å². The van der Waals surface area contributed by atoms with Gasteiger partial charge in [-0.25, -0.2) is 0 Å². The molecule has 0 unspecified atom stereocenters. The zero-order valence-electron chi connectivity index (χ0n) is 15.1. The summed E-state index contributed by atoms with van der Waals surface area (Å²) in [6, 6.07) is 5.80. The molecule has 0 saturated heterocycles. The van der Waals surface area contributed by atoms with Gasteiger partial charge in [0.05, 0.1) is 4.43 Å². The summed E-state index contributed by atoms with van der Waals surface area (Å²) in [5.74, 6) is -2.34. The number of alkyl halides is 1. The van der Waals surface area contributed by atoms with Gasteiger partial charge in [-0.05, 0) is 18.4 Å². The van der Waals surface area contributed by atoms with Crippen LogP contribution in [0.4, 0.5) is 0 Å². The van der Waals surface area contributed by atoms with Crippen molar-refractivity contribution in [2.75, 3.05) is 4.43 Å². The van der Waals surface area contributed by atoms with Crippen molar-refractivity contribution >= 4 is 46.0 Å². The topological polar surface area (TPSA) is 101 Å². The van der Waals surface area contributed by atoms with Crippen LogP contribution in [0.25, 0.3) is 0 Å². The highest BCUT2D eigenvalue weighted by atomic mass is 127. The van der Waals surface area contributed by atoms with Gasteiger partial charge in [0.25, 0.3) is 0 Å². The van der Waals surface area contributed by atoms with Gasteiger partial charge in [-0.3, -0.25) is 19.2 Å². The highest BCUT2D eigenvalue weighted by Crippen LogP contribution is 2.19. The number of nitrogens with one attached hydrogen (secondary N) is 1. The van der Waals surface area contributed by atoms with Gasteiger partial charge >= 0.3 is 5.97 Å². The van der Waals surface area contributed by atoms with Crippen molar-refractivity contribution in [2.45, 2.75) is 39.7 Å². The van der Waals surface area contributed by atoms with Gasteiger partial charge in [0, 0.05) is 24.3 Å². The fourth-order valence-electron chi connectivity index (χ4n) is 2.41. The number of Topliss-reactive ketones (excluding diaryl/α,β-unsaturated/α-hetero) is 2. The molecule has 6 nitrogen and oxygen atoms in total. The van der Waals surface area contributed by atoms with E-state index in [2.05, 4.69) is 5.32 Å². The van der Waals surface area contributed by atoms with Crippen molar-refractivity contribution in [3.63, 3.8) is 0 Å². The average molecular weight is 473 g/mol. The Labute approximate surface area is 166 Å². The van der Waals surface area contributed by atoms with Crippen molar-refractivity contribution < 1.29 is 24.3 Å². The van der Waals surface area contributed by atoms with Gasteiger partial charge in [-0.2, -0.15) is 0 Å². The van der Waals surface area contributed by atoms with E-state index in [1.807, 2.05) is 36.4 Å². The van der Waals surface area contributed by atoms with Crippen LogP contribution in [0.2, 0.25) is 0 Å². The Balaban J connectivity index is 2.79. The highest BCUT2D eigenvalue weighted by Gasteiger charge is 2.27. The molecule has 142 valence electrons. The molecule has 1 aromatic carbocycles. The van der Waals surface area contributed by atoms with Crippen molar-refractivity contribution in [1.29, 1.82) is 0 Å². The summed E-state index contributed by atoms with van der Waals surface area (Å²) >= 11 is 2.02. The molecule has 0 heterocycles. The second-order valence-electron chi connectivity index (χ2n) is 6.59. The summed E-state index contributed by atoms with van der Waals surface area (Å²) < 4.78 is 0.443. The van der Waals surface area contributed by atoms with Gasteiger partial charge in [0.2, 0.25) is 5.91 Å². The third-order valence-electron chi connectivity index (χ3n) is 4.10. The van der Waals surface area contributed by atoms with E-state index in [1.165, 1.54) is 6.92 Å². The molecule has 0 spiro atoms. The maximum atomic E-state index is 12.5. The lowest BCUT2D eigenvalue weighted by Crippen LogP contribution is -2.43. The molecule has 1 rings (SSSR count). The Hall–Kier alpha value is -1.77. The first-order valence-corrected chi connectivity index (χ1v) is 9.91. The number of ketones is 2. The average Bonchev–Trinajstić information content (AvgIpc) is 2.59. The van der Waals surface area contributed by atoms with E-state index in [0.717, 1.165) is 5.56 Å². The Morgan fingerprint density at radius 1 is 1.08 bits per heavy atom. The SMILES string of the molecule is CC(C)[C@H](CC(=O)c1ccc(CC(=O)CI)cc1)C(=O)N[C@@H](C)C(=O)O. The molecular formula is C19H24INO5. The maximum absolute atomic E-state index is 12.5. The Kier molecular flexibility index (Phi) is 8.91. The number of halogens is 1. The van der Waals surface area contributed by atoms with Gasteiger partial charge in [0.15, 0.2) is 5.78 Å². The van der Waals surface area contributed by atoms with Gasteiger partial charge in [-0.15, -0.1) is 0 Å². The van der Waals surface area contributed by atoms with Crippen LogP contribution in [0.15, 0.2) is 24.3 Å². The number of hydrogen-bond donors (Lipinski definition) is 2. The monoisotopic (exact) mass is 473 g/mol. The molecule has 0 aliphatic heterocycles. The van der Waals surface area contributed by atoms with Crippen LogP contribution < -0.4 is 5.32 Å². The van der Waals surface area contributed by atoms with E-state index in [0.29, 0.717) is 16.4 Å². The number of benzene rings is 1. The summed E-state index contributed by atoms with van der Waals surface area (Å²) in [6.45, 7) is 5.03. The Morgan fingerprint density at radius 2 is 1.65 bits per heavy atom. The molecule has 2 atom stereocenters. The Morgan fingerprint density at radius 3 is 2.12 bits per heavy atom. The lowest BCUT2D eigenvalue weighted by atomic mass is 9.87. The molecule has 0 radical (unpaired) electrons. The molecule has 0 saturated carbocycles. The minimum absolute atomic E-state index is 0.00185. The second-order valence-corrected chi connectivity index (χ2v) is 7.36. The van der Waals surface area contributed by atoms with Crippen LogP contribution >= 0.6 is 22.6 Å². The summed E-state index contributed by atoms with van der Waals surface area (Å²) in [4.78, 5) is 47.2. The number of carboxylic acids is 1. The van der Waals surface area contributed by atoms with Crippen LogP contribution in [-0.4, -0.2) is 39.0 Å². The minimum atomic E-state index is -1.12. The largest absolute Gasteiger partial charge is 0.480 e. The number of rotatable bonds is 10. The third kappa shape index (κ3) is 6.86. The number of carbonyl (C=O) groups excluding carboxylic acids is 3. The lowest BCUT2D eigenvalue weighted by Gasteiger charge is -2.21. The van der Waals surface area contributed by atoms with Crippen LogP contribution in [-0.2, 0) is 20.8 Å². The van der Waals surface area contributed by atoms with E-state index < -0.39 is 23.8 Å². The maximum Gasteiger partial charge on any atom is 0.325 e.